The predicted octanol–water partition coefficient (Wildman–Crippen LogP) is 3.33. The molecule has 1 fully saturated rings. The summed E-state index contributed by atoms with van der Waals surface area (Å²) >= 11 is 0. The first-order valence-corrected chi connectivity index (χ1v) is 7.34. The van der Waals surface area contributed by atoms with E-state index < -0.39 is 6.29 Å². The highest BCUT2D eigenvalue weighted by atomic mass is 19.1. The summed E-state index contributed by atoms with van der Waals surface area (Å²) in [5.74, 6) is -0.281. The smallest absolute Gasteiger partial charge is 0.184 e. The van der Waals surface area contributed by atoms with Crippen LogP contribution < -0.4 is 0 Å². The number of nitrogens with zero attached hydrogens (tertiary/aromatic N) is 1. The minimum absolute atomic E-state index is 0.179. The summed E-state index contributed by atoms with van der Waals surface area (Å²) in [6.07, 6.45) is -0.749. The molecular formula is C18H16FNO3. The molecule has 2 aromatic carbocycles. The third kappa shape index (κ3) is 3.93. The molecule has 0 bridgehead atoms. The number of ether oxygens (including phenoxy) is 3. The van der Waals surface area contributed by atoms with Crippen LogP contribution in [-0.2, 0) is 20.8 Å². The van der Waals surface area contributed by atoms with E-state index in [-0.39, 0.29) is 18.5 Å². The Bertz CT molecular complexity index is 705. The largest absolute Gasteiger partial charge is 0.369 e. The topological polar surface area (TPSA) is 51.5 Å². The van der Waals surface area contributed by atoms with Crippen molar-refractivity contribution < 1.29 is 18.6 Å². The molecule has 118 valence electrons. The van der Waals surface area contributed by atoms with Crippen LogP contribution in [0.1, 0.15) is 23.0 Å². The van der Waals surface area contributed by atoms with Crippen molar-refractivity contribution in [2.75, 3.05) is 13.2 Å². The summed E-state index contributed by atoms with van der Waals surface area (Å²) in [6, 6.07) is 15.7. The highest BCUT2D eigenvalue weighted by Crippen LogP contribution is 2.25. The summed E-state index contributed by atoms with van der Waals surface area (Å²) in [5, 5.41) is 8.92. The Morgan fingerprint density at radius 2 is 1.91 bits per heavy atom. The lowest BCUT2D eigenvalue weighted by molar-refractivity contribution is -0.232. The van der Waals surface area contributed by atoms with Gasteiger partial charge in [-0.2, -0.15) is 5.26 Å². The van der Waals surface area contributed by atoms with Gasteiger partial charge in [0.15, 0.2) is 6.29 Å². The fraction of sp³-hybridized carbons (Fsp3) is 0.278. The molecule has 0 N–H and O–H groups in total. The normalized spacial score (nSPS) is 20.9. The maximum atomic E-state index is 13.5. The number of rotatable bonds is 4. The molecule has 0 amide bonds. The maximum Gasteiger partial charge on any atom is 0.184 e. The monoisotopic (exact) mass is 313 g/mol. The second-order valence-corrected chi connectivity index (χ2v) is 5.26. The van der Waals surface area contributed by atoms with Crippen LogP contribution in [0.2, 0.25) is 0 Å². The number of hydrogen-bond acceptors (Lipinski definition) is 4. The molecule has 3 rings (SSSR count). The van der Waals surface area contributed by atoms with Crippen molar-refractivity contribution in [3.05, 3.63) is 71.0 Å². The summed E-state index contributed by atoms with van der Waals surface area (Å²) in [4.78, 5) is 0. The van der Waals surface area contributed by atoms with E-state index in [1.807, 2.05) is 6.07 Å². The number of benzene rings is 2. The van der Waals surface area contributed by atoms with Crippen LogP contribution in [-0.4, -0.2) is 19.3 Å². The van der Waals surface area contributed by atoms with Gasteiger partial charge < -0.3 is 14.2 Å². The van der Waals surface area contributed by atoms with E-state index in [9.17, 15) is 4.39 Å². The summed E-state index contributed by atoms with van der Waals surface area (Å²) in [5.41, 5.74) is 1.88. The minimum atomic E-state index is -0.503. The molecule has 1 aliphatic rings. The summed E-state index contributed by atoms with van der Waals surface area (Å²) < 4.78 is 30.5. The lowest BCUT2D eigenvalue weighted by Gasteiger charge is -2.29. The van der Waals surface area contributed by atoms with Crippen molar-refractivity contribution in [1.29, 1.82) is 5.26 Å². The molecule has 0 unspecified atom stereocenters. The minimum Gasteiger partial charge on any atom is -0.369 e. The van der Waals surface area contributed by atoms with Gasteiger partial charge in [-0.25, -0.2) is 4.39 Å². The fourth-order valence-electron chi connectivity index (χ4n) is 2.35. The Kier molecular flexibility index (Phi) is 4.99. The van der Waals surface area contributed by atoms with Crippen LogP contribution in [0.5, 0.6) is 0 Å². The average molecular weight is 313 g/mol. The second kappa shape index (κ2) is 7.34. The van der Waals surface area contributed by atoms with Gasteiger partial charge in [0.25, 0.3) is 0 Å². The van der Waals surface area contributed by atoms with E-state index in [1.54, 1.807) is 36.4 Å². The molecule has 0 atom stereocenters. The molecule has 2 aromatic rings. The first-order chi connectivity index (χ1) is 11.3. The van der Waals surface area contributed by atoms with Crippen molar-refractivity contribution in [2.24, 2.45) is 0 Å². The molecule has 23 heavy (non-hydrogen) atoms. The van der Waals surface area contributed by atoms with Crippen LogP contribution in [0.15, 0.2) is 48.5 Å². The van der Waals surface area contributed by atoms with E-state index in [0.717, 1.165) is 5.56 Å². The SMILES string of the molecule is N#Cc1cccc(C2OCC(OCc3ccccc3F)CO2)c1. The molecule has 0 spiro atoms. The first kappa shape index (κ1) is 15.6. The van der Waals surface area contributed by atoms with E-state index in [1.165, 1.54) is 6.07 Å². The summed E-state index contributed by atoms with van der Waals surface area (Å²) in [7, 11) is 0. The molecule has 0 saturated carbocycles. The van der Waals surface area contributed by atoms with Crippen molar-refractivity contribution in [3.8, 4) is 6.07 Å². The quantitative estimate of drug-likeness (QED) is 0.869. The van der Waals surface area contributed by atoms with Crippen molar-refractivity contribution >= 4 is 0 Å². The molecule has 0 aromatic heterocycles. The zero-order valence-electron chi connectivity index (χ0n) is 12.4. The van der Waals surface area contributed by atoms with Gasteiger partial charge in [-0.1, -0.05) is 30.3 Å². The van der Waals surface area contributed by atoms with E-state index in [4.69, 9.17) is 19.5 Å². The zero-order chi connectivity index (χ0) is 16.1. The Labute approximate surface area is 134 Å². The summed E-state index contributed by atoms with van der Waals surface area (Å²) in [6.45, 7) is 0.893. The van der Waals surface area contributed by atoms with Gasteiger partial charge in [-0.05, 0) is 18.2 Å². The van der Waals surface area contributed by atoms with E-state index in [0.29, 0.717) is 24.3 Å². The van der Waals surface area contributed by atoms with Crippen molar-refractivity contribution in [3.63, 3.8) is 0 Å². The lowest BCUT2D eigenvalue weighted by Crippen LogP contribution is -2.33. The van der Waals surface area contributed by atoms with Crippen LogP contribution in [0, 0.1) is 17.1 Å². The first-order valence-electron chi connectivity index (χ1n) is 7.34. The lowest BCUT2D eigenvalue weighted by atomic mass is 10.1. The van der Waals surface area contributed by atoms with Crippen LogP contribution in [0.25, 0.3) is 0 Å². The average Bonchev–Trinajstić information content (AvgIpc) is 2.61. The van der Waals surface area contributed by atoms with Gasteiger partial charge in [-0.15, -0.1) is 0 Å². The highest BCUT2D eigenvalue weighted by molar-refractivity contribution is 5.33. The highest BCUT2D eigenvalue weighted by Gasteiger charge is 2.24. The van der Waals surface area contributed by atoms with Crippen LogP contribution in [0.3, 0.4) is 0 Å². The zero-order valence-corrected chi connectivity index (χ0v) is 12.4. The van der Waals surface area contributed by atoms with Gasteiger partial charge in [-0.3, -0.25) is 0 Å². The predicted molar refractivity (Wildman–Crippen MR) is 80.8 cm³/mol. The molecular weight excluding hydrogens is 297 g/mol. The van der Waals surface area contributed by atoms with Crippen LogP contribution >= 0.6 is 0 Å². The molecule has 1 heterocycles. The molecule has 5 heteroatoms. The van der Waals surface area contributed by atoms with Gasteiger partial charge in [0.05, 0.1) is 31.5 Å². The number of nitriles is 1. The molecule has 1 saturated heterocycles. The second-order valence-electron chi connectivity index (χ2n) is 5.26. The fourth-order valence-corrected chi connectivity index (χ4v) is 2.35. The molecule has 0 radical (unpaired) electrons. The Morgan fingerprint density at radius 1 is 1.13 bits per heavy atom. The third-order valence-corrected chi connectivity index (χ3v) is 3.59. The van der Waals surface area contributed by atoms with Crippen molar-refractivity contribution in [1.82, 2.24) is 0 Å². The van der Waals surface area contributed by atoms with E-state index in [2.05, 4.69) is 6.07 Å². The van der Waals surface area contributed by atoms with Gasteiger partial charge in [0, 0.05) is 11.1 Å². The molecule has 1 aliphatic heterocycles. The van der Waals surface area contributed by atoms with Crippen LogP contribution in [0.4, 0.5) is 4.39 Å². The van der Waals surface area contributed by atoms with Gasteiger partial charge in [0.2, 0.25) is 0 Å². The molecule has 4 nitrogen and oxygen atoms in total. The third-order valence-electron chi connectivity index (χ3n) is 3.59. The van der Waals surface area contributed by atoms with Crippen molar-refractivity contribution in [2.45, 2.75) is 19.0 Å². The Morgan fingerprint density at radius 3 is 2.65 bits per heavy atom. The number of hydrogen-bond donors (Lipinski definition) is 0. The number of halogens is 1. The van der Waals surface area contributed by atoms with Gasteiger partial charge in [0.1, 0.15) is 11.9 Å². The maximum absolute atomic E-state index is 13.5. The molecule has 0 aliphatic carbocycles. The Balaban J connectivity index is 1.52. The Hall–Kier alpha value is -2.26. The van der Waals surface area contributed by atoms with E-state index >= 15 is 0 Å². The standard InChI is InChI=1S/C18H16FNO3/c19-17-7-2-1-5-15(17)10-21-16-11-22-18(23-12-16)14-6-3-4-13(8-14)9-20/h1-8,16,18H,10-12H2. The van der Waals surface area contributed by atoms with Gasteiger partial charge >= 0.3 is 0 Å².